The van der Waals surface area contributed by atoms with Crippen LogP contribution in [0.15, 0.2) is 107 Å². The lowest BCUT2D eigenvalue weighted by molar-refractivity contribution is -0.0640. The third-order valence-electron chi connectivity index (χ3n) is 6.54. The SMILES string of the molecule is N#Cc1cn([C@@H]2O[C@H](COC(=O)c3ccccc3)[C@@H](OC(=O)c3ccccc3)[C@H]2OC(=O)c2ccccc2)c(=O)[nH]c1=O. The van der Waals surface area contributed by atoms with E-state index in [0.717, 1.165) is 10.8 Å². The minimum Gasteiger partial charge on any atom is -0.459 e. The van der Waals surface area contributed by atoms with E-state index < -0.39 is 65.9 Å². The molecule has 0 aliphatic carbocycles. The maximum absolute atomic E-state index is 13.2. The summed E-state index contributed by atoms with van der Waals surface area (Å²) in [6, 6.07) is 25.7. The van der Waals surface area contributed by atoms with Crippen LogP contribution in [0.25, 0.3) is 0 Å². The van der Waals surface area contributed by atoms with E-state index in [1.54, 1.807) is 72.8 Å². The fourth-order valence-electron chi connectivity index (χ4n) is 4.44. The van der Waals surface area contributed by atoms with Gasteiger partial charge in [0.1, 0.15) is 24.3 Å². The molecule has 0 saturated carbocycles. The third kappa shape index (κ3) is 6.42. The first-order valence-electron chi connectivity index (χ1n) is 13.0. The van der Waals surface area contributed by atoms with E-state index in [1.807, 2.05) is 4.98 Å². The Morgan fingerprint density at radius 1 is 0.767 bits per heavy atom. The van der Waals surface area contributed by atoms with Gasteiger partial charge in [-0.1, -0.05) is 54.6 Å². The molecule has 12 heteroatoms. The highest BCUT2D eigenvalue weighted by molar-refractivity contribution is 5.91. The van der Waals surface area contributed by atoms with Gasteiger partial charge in [0.25, 0.3) is 5.56 Å². The molecule has 1 N–H and O–H groups in total. The molecule has 4 aromatic rings. The lowest BCUT2D eigenvalue weighted by atomic mass is 10.1. The number of nitrogens with zero attached hydrogens (tertiary/aromatic N) is 2. The Morgan fingerprint density at radius 3 is 1.77 bits per heavy atom. The number of esters is 3. The van der Waals surface area contributed by atoms with Crippen molar-refractivity contribution in [3.05, 3.63) is 140 Å². The zero-order chi connectivity index (χ0) is 30.3. The Morgan fingerprint density at radius 2 is 1.26 bits per heavy atom. The minimum atomic E-state index is -1.50. The van der Waals surface area contributed by atoms with Crippen LogP contribution in [-0.4, -0.2) is 52.4 Å². The molecule has 0 unspecified atom stereocenters. The number of aromatic amines is 1. The van der Waals surface area contributed by atoms with Crippen molar-refractivity contribution in [3.8, 4) is 6.07 Å². The largest absolute Gasteiger partial charge is 0.459 e. The van der Waals surface area contributed by atoms with Crippen LogP contribution >= 0.6 is 0 Å². The van der Waals surface area contributed by atoms with E-state index in [0.29, 0.717) is 0 Å². The van der Waals surface area contributed by atoms with Crippen LogP contribution in [0.2, 0.25) is 0 Å². The number of nitriles is 1. The van der Waals surface area contributed by atoms with E-state index in [1.165, 1.54) is 24.3 Å². The van der Waals surface area contributed by atoms with Crippen LogP contribution in [0.5, 0.6) is 0 Å². The topological polar surface area (TPSA) is 167 Å². The van der Waals surface area contributed by atoms with E-state index in [4.69, 9.17) is 18.9 Å². The van der Waals surface area contributed by atoms with Crippen molar-refractivity contribution < 1.29 is 33.3 Å². The van der Waals surface area contributed by atoms with E-state index in [9.17, 15) is 29.2 Å². The molecule has 0 amide bonds. The monoisotopic (exact) mass is 581 g/mol. The predicted molar refractivity (Wildman–Crippen MR) is 148 cm³/mol. The Kier molecular flexibility index (Phi) is 8.55. The first kappa shape index (κ1) is 28.7. The van der Waals surface area contributed by atoms with Gasteiger partial charge in [-0.25, -0.2) is 19.2 Å². The molecule has 0 spiro atoms. The van der Waals surface area contributed by atoms with Crippen molar-refractivity contribution in [2.75, 3.05) is 6.61 Å². The number of nitrogens with one attached hydrogen (secondary N) is 1. The highest BCUT2D eigenvalue weighted by atomic mass is 16.7. The van der Waals surface area contributed by atoms with Crippen LogP contribution in [0.1, 0.15) is 42.9 Å². The highest BCUT2D eigenvalue weighted by Gasteiger charge is 2.51. The van der Waals surface area contributed by atoms with Crippen molar-refractivity contribution in [2.45, 2.75) is 24.5 Å². The molecule has 43 heavy (non-hydrogen) atoms. The molecule has 4 atom stereocenters. The van der Waals surface area contributed by atoms with Crippen LogP contribution in [0.4, 0.5) is 0 Å². The van der Waals surface area contributed by atoms with Gasteiger partial charge < -0.3 is 18.9 Å². The summed E-state index contributed by atoms with van der Waals surface area (Å²) in [5, 5.41) is 9.40. The average molecular weight is 582 g/mol. The highest BCUT2D eigenvalue weighted by Crippen LogP contribution is 2.34. The van der Waals surface area contributed by atoms with Gasteiger partial charge in [-0.3, -0.25) is 14.3 Å². The number of H-pyrrole nitrogens is 1. The van der Waals surface area contributed by atoms with Crippen molar-refractivity contribution in [1.29, 1.82) is 5.26 Å². The molecule has 1 aliphatic heterocycles. The number of ether oxygens (including phenoxy) is 4. The second kappa shape index (κ2) is 12.8. The smallest absolute Gasteiger partial charge is 0.338 e. The second-order valence-corrected chi connectivity index (χ2v) is 9.32. The van der Waals surface area contributed by atoms with Gasteiger partial charge in [0.05, 0.1) is 16.7 Å². The zero-order valence-electron chi connectivity index (χ0n) is 22.3. The number of carbonyl (C=O) groups is 3. The van der Waals surface area contributed by atoms with Gasteiger partial charge in [0, 0.05) is 6.20 Å². The van der Waals surface area contributed by atoms with Crippen LogP contribution in [0.3, 0.4) is 0 Å². The molecule has 3 aromatic carbocycles. The molecular weight excluding hydrogens is 558 g/mol. The van der Waals surface area contributed by atoms with E-state index in [2.05, 4.69) is 0 Å². The fourth-order valence-corrected chi connectivity index (χ4v) is 4.44. The minimum absolute atomic E-state index is 0.153. The number of hydrogen-bond acceptors (Lipinski definition) is 10. The lowest BCUT2D eigenvalue weighted by Crippen LogP contribution is -2.43. The maximum Gasteiger partial charge on any atom is 0.338 e. The Labute approximate surface area is 243 Å². The molecular formula is C31H23N3O9. The fraction of sp³-hybridized carbons (Fsp3) is 0.161. The summed E-state index contributed by atoms with van der Waals surface area (Å²) in [5.41, 5.74) is -1.76. The molecule has 1 aromatic heterocycles. The van der Waals surface area contributed by atoms with Gasteiger partial charge >= 0.3 is 23.6 Å². The van der Waals surface area contributed by atoms with Gasteiger partial charge in [0.15, 0.2) is 18.4 Å². The third-order valence-corrected chi connectivity index (χ3v) is 6.54. The molecule has 5 rings (SSSR count). The summed E-state index contributed by atoms with van der Waals surface area (Å²) >= 11 is 0. The normalized spacial score (nSPS) is 19.1. The Hall–Kier alpha value is -5.80. The maximum atomic E-state index is 13.2. The van der Waals surface area contributed by atoms with Crippen molar-refractivity contribution >= 4 is 17.9 Å². The van der Waals surface area contributed by atoms with Crippen LogP contribution in [0, 0.1) is 11.3 Å². The summed E-state index contributed by atoms with van der Waals surface area (Å²) in [5.74, 6) is -2.34. The molecule has 1 saturated heterocycles. The Bertz CT molecular complexity index is 1780. The van der Waals surface area contributed by atoms with Gasteiger partial charge in [-0.05, 0) is 36.4 Å². The summed E-state index contributed by atoms with van der Waals surface area (Å²) in [6.07, 6.45) is -4.69. The number of aromatic nitrogens is 2. The summed E-state index contributed by atoms with van der Waals surface area (Å²) in [4.78, 5) is 66.1. The molecule has 1 fully saturated rings. The first-order chi connectivity index (χ1) is 20.9. The zero-order valence-corrected chi connectivity index (χ0v) is 22.3. The van der Waals surface area contributed by atoms with E-state index >= 15 is 0 Å². The van der Waals surface area contributed by atoms with Crippen molar-refractivity contribution in [1.82, 2.24) is 9.55 Å². The quantitative estimate of drug-likeness (QED) is 0.241. The predicted octanol–water partition coefficient (Wildman–Crippen LogP) is 2.61. The molecule has 12 nitrogen and oxygen atoms in total. The summed E-state index contributed by atoms with van der Waals surface area (Å²) < 4.78 is 23.9. The molecule has 2 heterocycles. The van der Waals surface area contributed by atoms with E-state index in [-0.39, 0.29) is 16.7 Å². The summed E-state index contributed by atoms with van der Waals surface area (Å²) in [6.45, 7) is -0.473. The molecule has 0 bridgehead atoms. The number of benzene rings is 3. The lowest BCUT2D eigenvalue weighted by Gasteiger charge is -2.25. The van der Waals surface area contributed by atoms with Gasteiger partial charge in [-0.2, -0.15) is 5.26 Å². The van der Waals surface area contributed by atoms with Crippen LogP contribution in [-0.2, 0) is 18.9 Å². The number of hydrogen-bond donors (Lipinski definition) is 1. The standard InChI is InChI=1S/C31H23N3O9/c32-16-22-17-34(31(39)33-26(22)35)27-25(43-30(38)21-14-8-3-9-15-21)24(42-29(37)20-12-6-2-7-13-20)23(41-27)18-40-28(36)19-10-4-1-5-11-19/h1-15,17,23-25,27H,18H2,(H,33,35,39)/t23-,24-,25-,27-/m1/s1. The van der Waals surface area contributed by atoms with Crippen molar-refractivity contribution in [2.24, 2.45) is 0 Å². The molecule has 216 valence electrons. The number of rotatable bonds is 8. The van der Waals surface area contributed by atoms with Gasteiger partial charge in [-0.15, -0.1) is 0 Å². The summed E-state index contributed by atoms with van der Waals surface area (Å²) in [7, 11) is 0. The average Bonchev–Trinajstić information content (AvgIpc) is 3.36. The van der Waals surface area contributed by atoms with Crippen molar-refractivity contribution in [3.63, 3.8) is 0 Å². The molecule has 1 aliphatic rings. The van der Waals surface area contributed by atoms with Gasteiger partial charge in [0.2, 0.25) is 0 Å². The number of carbonyl (C=O) groups excluding carboxylic acids is 3. The molecule has 0 radical (unpaired) electrons. The Balaban J connectivity index is 1.54. The second-order valence-electron chi connectivity index (χ2n) is 9.32. The first-order valence-corrected chi connectivity index (χ1v) is 13.0. The van der Waals surface area contributed by atoms with Crippen LogP contribution < -0.4 is 11.2 Å².